The maximum atomic E-state index is 12.2. The summed E-state index contributed by atoms with van der Waals surface area (Å²) in [6.45, 7) is 4.84. The van der Waals surface area contributed by atoms with Gasteiger partial charge in [0.25, 0.3) is 0 Å². The number of carbonyl (C=O) groups is 2. The van der Waals surface area contributed by atoms with Gasteiger partial charge >= 0.3 is 0 Å². The van der Waals surface area contributed by atoms with Gasteiger partial charge in [-0.2, -0.15) is 0 Å². The Morgan fingerprint density at radius 1 is 0.929 bits per heavy atom. The maximum Gasteiger partial charge on any atom is 0.230 e. The lowest BCUT2D eigenvalue weighted by atomic mass is 10.0. The molecule has 2 aromatic carbocycles. The first-order valence-corrected chi connectivity index (χ1v) is 10.9. The van der Waals surface area contributed by atoms with E-state index in [9.17, 15) is 9.59 Å². The Labute approximate surface area is 176 Å². The number of nitrogens with one attached hydrogen (secondary N) is 2. The standard InChI is InChI=1S/C22H27ClN2O2S/c1-16(2)22(27)25-14-6-13-24-20(26)15-28-21(17-7-4-3-5-8-17)18-9-11-19(23)12-10-18/h3-5,7-12,16,21H,6,13-15H2,1-2H3,(H,24,26)(H,25,27)/t21-/m1/s1. The number of thioether (sulfide) groups is 1. The molecule has 2 rings (SSSR count). The molecule has 0 unspecified atom stereocenters. The Hall–Kier alpha value is -1.98. The van der Waals surface area contributed by atoms with Crippen molar-refractivity contribution in [3.63, 3.8) is 0 Å². The third kappa shape index (κ3) is 7.56. The molecule has 0 aromatic heterocycles. The van der Waals surface area contributed by atoms with Gasteiger partial charge in [-0.15, -0.1) is 11.8 Å². The molecule has 2 amide bonds. The molecule has 2 aromatic rings. The van der Waals surface area contributed by atoms with Crippen LogP contribution in [-0.4, -0.2) is 30.7 Å². The highest BCUT2D eigenvalue weighted by atomic mass is 35.5. The van der Waals surface area contributed by atoms with Gasteiger partial charge in [0.1, 0.15) is 0 Å². The molecule has 0 saturated heterocycles. The molecule has 6 heteroatoms. The van der Waals surface area contributed by atoms with Crippen LogP contribution in [0.25, 0.3) is 0 Å². The lowest BCUT2D eigenvalue weighted by molar-refractivity contribution is -0.123. The van der Waals surface area contributed by atoms with Crippen LogP contribution in [0.15, 0.2) is 54.6 Å². The average molecular weight is 419 g/mol. The van der Waals surface area contributed by atoms with Gasteiger partial charge in [0.2, 0.25) is 11.8 Å². The van der Waals surface area contributed by atoms with Crippen LogP contribution in [0.4, 0.5) is 0 Å². The second-order valence-electron chi connectivity index (χ2n) is 6.80. The van der Waals surface area contributed by atoms with E-state index in [0.717, 1.165) is 11.1 Å². The Kier molecular flexibility index (Phi) is 9.38. The van der Waals surface area contributed by atoms with E-state index in [1.165, 1.54) is 0 Å². The molecule has 4 nitrogen and oxygen atoms in total. The summed E-state index contributed by atoms with van der Waals surface area (Å²) in [4.78, 5) is 23.7. The number of hydrogen-bond donors (Lipinski definition) is 2. The molecule has 0 bridgehead atoms. The van der Waals surface area contributed by atoms with E-state index in [2.05, 4.69) is 22.8 Å². The minimum Gasteiger partial charge on any atom is -0.356 e. The first kappa shape index (κ1) is 22.3. The van der Waals surface area contributed by atoms with Gasteiger partial charge in [-0.1, -0.05) is 67.9 Å². The van der Waals surface area contributed by atoms with Gasteiger partial charge in [-0.3, -0.25) is 9.59 Å². The second-order valence-corrected chi connectivity index (χ2v) is 8.33. The third-order valence-corrected chi connectivity index (χ3v) is 5.71. The SMILES string of the molecule is CC(C)C(=O)NCCCNC(=O)CS[C@H](c1ccccc1)c1ccc(Cl)cc1. The van der Waals surface area contributed by atoms with E-state index in [0.29, 0.717) is 30.3 Å². The van der Waals surface area contributed by atoms with Crippen LogP contribution in [0.3, 0.4) is 0 Å². The molecule has 0 aliphatic rings. The van der Waals surface area contributed by atoms with Crippen molar-refractivity contribution in [1.29, 1.82) is 0 Å². The maximum absolute atomic E-state index is 12.2. The fourth-order valence-corrected chi connectivity index (χ4v) is 3.84. The summed E-state index contributed by atoms with van der Waals surface area (Å²) in [7, 11) is 0. The van der Waals surface area contributed by atoms with Crippen molar-refractivity contribution in [2.75, 3.05) is 18.8 Å². The van der Waals surface area contributed by atoms with Crippen LogP contribution in [0.1, 0.15) is 36.6 Å². The first-order valence-electron chi connectivity index (χ1n) is 9.44. The number of hydrogen-bond acceptors (Lipinski definition) is 3. The zero-order valence-electron chi connectivity index (χ0n) is 16.3. The highest BCUT2D eigenvalue weighted by Gasteiger charge is 2.16. The summed E-state index contributed by atoms with van der Waals surface area (Å²) in [5.74, 6) is 0.375. The van der Waals surface area contributed by atoms with Crippen molar-refractivity contribution in [3.05, 3.63) is 70.7 Å². The Bertz CT molecular complexity index is 751. The van der Waals surface area contributed by atoms with E-state index < -0.39 is 0 Å². The molecular weight excluding hydrogens is 392 g/mol. The molecule has 0 saturated carbocycles. The zero-order valence-corrected chi connectivity index (χ0v) is 17.9. The molecular formula is C22H27ClN2O2S. The summed E-state index contributed by atoms with van der Waals surface area (Å²) in [6, 6.07) is 17.9. The average Bonchev–Trinajstić information content (AvgIpc) is 2.69. The van der Waals surface area contributed by atoms with Gasteiger partial charge in [-0.05, 0) is 29.7 Å². The van der Waals surface area contributed by atoms with Crippen molar-refractivity contribution < 1.29 is 9.59 Å². The van der Waals surface area contributed by atoms with Gasteiger partial charge < -0.3 is 10.6 Å². The van der Waals surface area contributed by atoms with Crippen LogP contribution >= 0.6 is 23.4 Å². The second kappa shape index (κ2) is 11.8. The summed E-state index contributed by atoms with van der Waals surface area (Å²) in [6.07, 6.45) is 0.716. The van der Waals surface area contributed by atoms with Crippen molar-refractivity contribution in [2.45, 2.75) is 25.5 Å². The first-order chi connectivity index (χ1) is 13.5. The smallest absolute Gasteiger partial charge is 0.230 e. The van der Waals surface area contributed by atoms with E-state index in [-0.39, 0.29) is 23.0 Å². The monoisotopic (exact) mass is 418 g/mol. The summed E-state index contributed by atoms with van der Waals surface area (Å²) in [5.41, 5.74) is 2.27. The van der Waals surface area contributed by atoms with E-state index in [1.54, 1.807) is 11.8 Å². The van der Waals surface area contributed by atoms with Crippen LogP contribution in [-0.2, 0) is 9.59 Å². The molecule has 2 N–H and O–H groups in total. The number of benzene rings is 2. The van der Waals surface area contributed by atoms with Crippen molar-refractivity contribution in [3.8, 4) is 0 Å². The Morgan fingerprint density at radius 3 is 2.18 bits per heavy atom. The van der Waals surface area contributed by atoms with E-state index in [1.807, 2.05) is 56.3 Å². The molecule has 1 atom stereocenters. The fourth-order valence-electron chi connectivity index (χ4n) is 2.59. The largest absolute Gasteiger partial charge is 0.356 e. The van der Waals surface area contributed by atoms with E-state index in [4.69, 9.17) is 11.6 Å². The van der Waals surface area contributed by atoms with Crippen LogP contribution in [0.5, 0.6) is 0 Å². The molecule has 0 aliphatic heterocycles. The number of rotatable bonds is 10. The zero-order chi connectivity index (χ0) is 20.4. The van der Waals surface area contributed by atoms with Gasteiger partial charge in [-0.25, -0.2) is 0 Å². The Balaban J connectivity index is 1.83. The molecule has 0 aliphatic carbocycles. The Morgan fingerprint density at radius 2 is 1.54 bits per heavy atom. The molecule has 150 valence electrons. The van der Waals surface area contributed by atoms with Crippen molar-refractivity contribution in [1.82, 2.24) is 10.6 Å². The summed E-state index contributed by atoms with van der Waals surface area (Å²) in [5, 5.41) is 6.53. The lowest BCUT2D eigenvalue weighted by Crippen LogP contribution is -2.32. The minimum absolute atomic E-state index is 0.00455. The van der Waals surface area contributed by atoms with Gasteiger partial charge in [0.15, 0.2) is 0 Å². The van der Waals surface area contributed by atoms with Gasteiger partial charge in [0.05, 0.1) is 11.0 Å². The van der Waals surface area contributed by atoms with Crippen LogP contribution in [0, 0.1) is 5.92 Å². The van der Waals surface area contributed by atoms with Gasteiger partial charge in [0, 0.05) is 24.0 Å². The summed E-state index contributed by atoms with van der Waals surface area (Å²) >= 11 is 7.60. The molecule has 0 heterocycles. The minimum atomic E-state index is -0.0196. The molecule has 0 radical (unpaired) electrons. The summed E-state index contributed by atoms with van der Waals surface area (Å²) < 4.78 is 0. The molecule has 0 spiro atoms. The number of amides is 2. The third-order valence-electron chi connectivity index (χ3n) is 4.16. The fraction of sp³-hybridized carbons (Fsp3) is 0.364. The predicted octanol–water partition coefficient (Wildman–Crippen LogP) is 4.44. The normalized spacial score (nSPS) is 11.9. The number of halogens is 1. The molecule has 0 fully saturated rings. The highest BCUT2D eigenvalue weighted by Crippen LogP contribution is 2.35. The van der Waals surface area contributed by atoms with Crippen molar-refractivity contribution in [2.24, 2.45) is 5.92 Å². The van der Waals surface area contributed by atoms with Crippen LogP contribution in [0.2, 0.25) is 5.02 Å². The number of carbonyl (C=O) groups excluding carboxylic acids is 2. The highest BCUT2D eigenvalue weighted by molar-refractivity contribution is 8.00. The van der Waals surface area contributed by atoms with Crippen molar-refractivity contribution >= 4 is 35.2 Å². The quantitative estimate of drug-likeness (QED) is 0.561. The molecule has 28 heavy (non-hydrogen) atoms. The lowest BCUT2D eigenvalue weighted by Gasteiger charge is -2.18. The van der Waals surface area contributed by atoms with E-state index >= 15 is 0 Å². The van der Waals surface area contributed by atoms with Crippen LogP contribution < -0.4 is 10.6 Å². The topological polar surface area (TPSA) is 58.2 Å². The predicted molar refractivity (Wildman–Crippen MR) is 118 cm³/mol.